The lowest BCUT2D eigenvalue weighted by Crippen LogP contribution is -2.35. The quantitative estimate of drug-likeness (QED) is 0.853. The van der Waals surface area contributed by atoms with Crippen LogP contribution in [0.4, 0.5) is 5.69 Å². The fourth-order valence-electron chi connectivity index (χ4n) is 3.20. The molecular weight excluding hydrogens is 343 g/mol. The van der Waals surface area contributed by atoms with Gasteiger partial charge in [-0.3, -0.25) is 0 Å². The van der Waals surface area contributed by atoms with Crippen molar-refractivity contribution in [3.8, 4) is 6.07 Å². The third-order valence-electron chi connectivity index (χ3n) is 4.64. The van der Waals surface area contributed by atoms with Gasteiger partial charge in [0.2, 0.25) is 0 Å². The van der Waals surface area contributed by atoms with Crippen molar-refractivity contribution in [2.45, 2.75) is 18.9 Å². The molecular formula is C19H18Cl2N2O. The van der Waals surface area contributed by atoms with Gasteiger partial charge in [0.15, 0.2) is 0 Å². The van der Waals surface area contributed by atoms with Gasteiger partial charge in [-0.1, -0.05) is 35.3 Å². The van der Waals surface area contributed by atoms with Crippen LogP contribution >= 0.6 is 23.2 Å². The Morgan fingerprint density at radius 1 is 1.08 bits per heavy atom. The highest BCUT2D eigenvalue weighted by Gasteiger charge is 2.26. The maximum Gasteiger partial charge on any atom is 0.101 e. The van der Waals surface area contributed by atoms with Crippen LogP contribution in [0.25, 0.3) is 0 Å². The minimum Gasteiger partial charge on any atom is -0.388 e. The molecule has 5 heteroatoms. The summed E-state index contributed by atoms with van der Waals surface area (Å²) in [5.41, 5.74) is 2.44. The van der Waals surface area contributed by atoms with E-state index in [1.54, 1.807) is 6.07 Å². The topological polar surface area (TPSA) is 47.3 Å². The van der Waals surface area contributed by atoms with Crippen molar-refractivity contribution >= 4 is 28.9 Å². The molecule has 2 aromatic carbocycles. The molecule has 1 aliphatic rings. The summed E-state index contributed by atoms with van der Waals surface area (Å²) < 4.78 is 0. The second-order valence-corrected chi connectivity index (χ2v) is 6.94. The van der Waals surface area contributed by atoms with Crippen molar-refractivity contribution in [2.75, 3.05) is 18.0 Å². The van der Waals surface area contributed by atoms with Crippen LogP contribution in [0.2, 0.25) is 10.0 Å². The van der Waals surface area contributed by atoms with E-state index in [2.05, 4.69) is 11.0 Å². The lowest BCUT2D eigenvalue weighted by Gasteiger charge is -2.35. The van der Waals surface area contributed by atoms with Crippen molar-refractivity contribution in [1.29, 1.82) is 5.26 Å². The zero-order valence-corrected chi connectivity index (χ0v) is 14.6. The van der Waals surface area contributed by atoms with Crippen LogP contribution in [0.15, 0.2) is 42.5 Å². The number of aliphatic hydroxyl groups excluding tert-OH is 1. The van der Waals surface area contributed by atoms with Crippen LogP contribution in [0.3, 0.4) is 0 Å². The Morgan fingerprint density at radius 3 is 2.33 bits per heavy atom. The van der Waals surface area contributed by atoms with Crippen molar-refractivity contribution in [1.82, 2.24) is 0 Å². The number of hydrogen-bond donors (Lipinski definition) is 1. The number of anilines is 1. The van der Waals surface area contributed by atoms with Crippen LogP contribution in [-0.2, 0) is 0 Å². The average molecular weight is 361 g/mol. The van der Waals surface area contributed by atoms with E-state index in [0.717, 1.165) is 37.2 Å². The molecule has 24 heavy (non-hydrogen) atoms. The number of aliphatic hydroxyl groups is 1. The zero-order valence-electron chi connectivity index (χ0n) is 13.1. The third-order valence-corrected chi connectivity index (χ3v) is 5.20. The predicted molar refractivity (Wildman–Crippen MR) is 97.5 cm³/mol. The van der Waals surface area contributed by atoms with Gasteiger partial charge in [0.25, 0.3) is 0 Å². The first-order valence-electron chi connectivity index (χ1n) is 7.96. The van der Waals surface area contributed by atoms with Crippen molar-refractivity contribution in [3.63, 3.8) is 0 Å². The second kappa shape index (κ2) is 7.44. The highest BCUT2D eigenvalue weighted by atomic mass is 35.5. The third kappa shape index (κ3) is 3.67. The van der Waals surface area contributed by atoms with E-state index in [4.69, 9.17) is 28.5 Å². The van der Waals surface area contributed by atoms with E-state index in [1.165, 1.54) is 0 Å². The van der Waals surface area contributed by atoms with Gasteiger partial charge in [-0.25, -0.2) is 0 Å². The van der Waals surface area contributed by atoms with Crippen LogP contribution in [0, 0.1) is 17.2 Å². The standard InChI is InChI=1S/C19H18Cl2N2O/c20-16-4-1-13(2-5-16)19(24)14-7-9-23(10-8-14)17-6-3-15(12-22)18(21)11-17/h1-6,11,14,19,24H,7-10H2. The minimum atomic E-state index is -0.464. The summed E-state index contributed by atoms with van der Waals surface area (Å²) >= 11 is 12.0. The van der Waals surface area contributed by atoms with Crippen LogP contribution in [0.5, 0.6) is 0 Å². The summed E-state index contributed by atoms with van der Waals surface area (Å²) in [5.74, 6) is 0.233. The van der Waals surface area contributed by atoms with Gasteiger partial charge in [0.05, 0.1) is 16.7 Å². The molecule has 1 heterocycles. The van der Waals surface area contributed by atoms with Crippen molar-refractivity contribution < 1.29 is 5.11 Å². The van der Waals surface area contributed by atoms with Gasteiger partial charge in [-0.05, 0) is 54.7 Å². The van der Waals surface area contributed by atoms with E-state index in [1.807, 2.05) is 36.4 Å². The maximum atomic E-state index is 10.6. The summed E-state index contributed by atoms with van der Waals surface area (Å²) in [6, 6.07) is 15.0. The van der Waals surface area contributed by atoms with E-state index in [0.29, 0.717) is 15.6 Å². The van der Waals surface area contributed by atoms with Crippen molar-refractivity contribution in [2.24, 2.45) is 5.92 Å². The highest BCUT2D eigenvalue weighted by Crippen LogP contribution is 2.33. The monoisotopic (exact) mass is 360 g/mol. The Bertz CT molecular complexity index is 747. The molecule has 3 rings (SSSR count). The van der Waals surface area contributed by atoms with Gasteiger partial charge in [0, 0.05) is 23.8 Å². The fourth-order valence-corrected chi connectivity index (χ4v) is 3.54. The first-order chi connectivity index (χ1) is 11.6. The van der Waals surface area contributed by atoms with Crippen molar-refractivity contribution in [3.05, 3.63) is 63.6 Å². The Labute approximate surface area is 152 Å². The molecule has 0 amide bonds. The number of benzene rings is 2. The number of nitriles is 1. The Balaban J connectivity index is 1.64. The number of nitrogens with zero attached hydrogens (tertiary/aromatic N) is 2. The normalized spacial score (nSPS) is 16.7. The van der Waals surface area contributed by atoms with Gasteiger partial charge in [-0.2, -0.15) is 5.26 Å². The van der Waals surface area contributed by atoms with Gasteiger partial charge < -0.3 is 10.0 Å². The van der Waals surface area contributed by atoms with Gasteiger partial charge in [-0.15, -0.1) is 0 Å². The number of halogens is 2. The van der Waals surface area contributed by atoms with Gasteiger partial charge in [0.1, 0.15) is 6.07 Å². The van der Waals surface area contributed by atoms with E-state index >= 15 is 0 Å². The molecule has 0 aromatic heterocycles. The molecule has 1 fully saturated rings. The smallest absolute Gasteiger partial charge is 0.101 e. The second-order valence-electron chi connectivity index (χ2n) is 6.10. The molecule has 1 atom stereocenters. The molecule has 0 saturated carbocycles. The average Bonchev–Trinajstić information content (AvgIpc) is 2.62. The summed E-state index contributed by atoms with van der Waals surface area (Å²) in [4.78, 5) is 2.25. The number of rotatable bonds is 3. The molecule has 3 nitrogen and oxygen atoms in total. The lowest BCUT2D eigenvalue weighted by molar-refractivity contribution is 0.0930. The Morgan fingerprint density at radius 2 is 1.75 bits per heavy atom. The predicted octanol–water partition coefficient (Wildman–Crippen LogP) is 4.82. The minimum absolute atomic E-state index is 0.233. The molecule has 1 aliphatic heterocycles. The molecule has 0 bridgehead atoms. The number of hydrogen-bond acceptors (Lipinski definition) is 3. The largest absolute Gasteiger partial charge is 0.388 e. The molecule has 0 radical (unpaired) electrons. The molecule has 124 valence electrons. The summed E-state index contributed by atoms with van der Waals surface area (Å²) in [7, 11) is 0. The Hall–Kier alpha value is -1.73. The lowest BCUT2D eigenvalue weighted by atomic mass is 9.87. The van der Waals surface area contributed by atoms with E-state index in [-0.39, 0.29) is 5.92 Å². The van der Waals surface area contributed by atoms with Crippen LogP contribution in [-0.4, -0.2) is 18.2 Å². The summed E-state index contributed by atoms with van der Waals surface area (Å²) in [6.45, 7) is 1.72. The van der Waals surface area contributed by atoms with Crippen LogP contribution in [0.1, 0.15) is 30.1 Å². The fraction of sp³-hybridized carbons (Fsp3) is 0.316. The molecule has 2 aromatic rings. The molecule has 1 saturated heterocycles. The van der Waals surface area contributed by atoms with Gasteiger partial charge >= 0.3 is 0 Å². The SMILES string of the molecule is N#Cc1ccc(N2CCC(C(O)c3ccc(Cl)cc3)CC2)cc1Cl. The van der Waals surface area contributed by atoms with Crippen LogP contribution < -0.4 is 4.90 Å². The highest BCUT2D eigenvalue weighted by molar-refractivity contribution is 6.32. The van der Waals surface area contributed by atoms with E-state index in [9.17, 15) is 5.11 Å². The summed E-state index contributed by atoms with van der Waals surface area (Å²) in [6.07, 6.45) is 1.34. The molecule has 1 N–H and O–H groups in total. The Kier molecular flexibility index (Phi) is 5.30. The molecule has 0 spiro atoms. The zero-order chi connectivity index (χ0) is 17.1. The molecule has 1 unspecified atom stereocenters. The number of piperidine rings is 1. The first-order valence-corrected chi connectivity index (χ1v) is 8.72. The summed E-state index contributed by atoms with van der Waals surface area (Å²) in [5, 5.41) is 20.7. The molecule has 0 aliphatic carbocycles. The van der Waals surface area contributed by atoms with E-state index < -0.39 is 6.10 Å². The first kappa shape index (κ1) is 17.1. The maximum absolute atomic E-state index is 10.6.